The summed E-state index contributed by atoms with van der Waals surface area (Å²) < 4.78 is 13.0. The minimum atomic E-state index is -0.231. The van der Waals surface area contributed by atoms with Crippen LogP contribution in [0.2, 0.25) is 0 Å². The van der Waals surface area contributed by atoms with Crippen molar-refractivity contribution in [2.75, 3.05) is 0 Å². The van der Waals surface area contributed by atoms with Crippen LogP contribution in [-0.4, -0.2) is 4.98 Å². The smallest absolute Gasteiger partial charge is 0.123 e. The van der Waals surface area contributed by atoms with Crippen molar-refractivity contribution < 1.29 is 4.39 Å². The molecule has 3 aromatic rings. The molecule has 0 aliphatic carbocycles. The van der Waals surface area contributed by atoms with E-state index >= 15 is 0 Å². The number of nitrogens with one attached hydrogen (secondary N) is 1. The van der Waals surface area contributed by atoms with Crippen LogP contribution in [0.25, 0.3) is 10.8 Å². The fourth-order valence-corrected chi connectivity index (χ4v) is 2.56. The molecular formula is C17H16FN3. The SMILES string of the molecule is NNC(Cc1ccc(F)cc1)c1cccc2ccncc12. The minimum absolute atomic E-state index is 0.0524. The van der Waals surface area contributed by atoms with Gasteiger partial charge in [-0.25, -0.2) is 4.39 Å². The van der Waals surface area contributed by atoms with Crippen molar-refractivity contribution in [3.63, 3.8) is 0 Å². The Balaban J connectivity index is 1.96. The highest BCUT2D eigenvalue weighted by molar-refractivity contribution is 5.85. The molecular weight excluding hydrogens is 265 g/mol. The lowest BCUT2D eigenvalue weighted by atomic mass is 9.95. The van der Waals surface area contributed by atoms with Crippen LogP contribution in [0.5, 0.6) is 0 Å². The lowest BCUT2D eigenvalue weighted by molar-refractivity contribution is 0.554. The van der Waals surface area contributed by atoms with Crippen molar-refractivity contribution in [3.05, 3.63) is 77.9 Å². The Kier molecular flexibility index (Phi) is 3.90. The van der Waals surface area contributed by atoms with Crippen LogP contribution in [0.3, 0.4) is 0 Å². The number of fused-ring (bicyclic) bond motifs is 1. The second-order valence-corrected chi connectivity index (χ2v) is 4.99. The molecule has 21 heavy (non-hydrogen) atoms. The normalized spacial score (nSPS) is 12.5. The Bertz CT molecular complexity index is 735. The van der Waals surface area contributed by atoms with Crippen LogP contribution in [0.15, 0.2) is 60.9 Å². The molecule has 0 radical (unpaired) electrons. The number of nitrogens with two attached hydrogens (primary N) is 1. The standard InChI is InChI=1S/C17H16FN3/c18-14-6-4-12(5-7-14)10-17(21-19)15-3-1-2-13-8-9-20-11-16(13)15/h1-9,11,17,21H,10,19H2. The van der Waals surface area contributed by atoms with E-state index in [-0.39, 0.29) is 11.9 Å². The van der Waals surface area contributed by atoms with Crippen molar-refractivity contribution in [2.45, 2.75) is 12.5 Å². The second-order valence-electron chi connectivity index (χ2n) is 4.99. The van der Waals surface area contributed by atoms with Crippen LogP contribution < -0.4 is 11.3 Å². The molecule has 1 atom stereocenters. The van der Waals surface area contributed by atoms with Gasteiger partial charge >= 0.3 is 0 Å². The quantitative estimate of drug-likeness (QED) is 0.570. The molecule has 3 rings (SSSR count). The highest BCUT2D eigenvalue weighted by atomic mass is 19.1. The van der Waals surface area contributed by atoms with Gasteiger partial charge in [0.1, 0.15) is 5.82 Å². The minimum Gasteiger partial charge on any atom is -0.271 e. The van der Waals surface area contributed by atoms with Crippen molar-refractivity contribution in [1.29, 1.82) is 0 Å². The van der Waals surface area contributed by atoms with E-state index in [1.54, 1.807) is 18.3 Å². The van der Waals surface area contributed by atoms with Crippen molar-refractivity contribution >= 4 is 10.8 Å². The van der Waals surface area contributed by atoms with Crippen LogP contribution in [-0.2, 0) is 6.42 Å². The molecule has 1 heterocycles. The molecule has 0 aliphatic heterocycles. The fourth-order valence-electron chi connectivity index (χ4n) is 2.56. The fraction of sp³-hybridized carbons (Fsp3) is 0.118. The zero-order valence-electron chi connectivity index (χ0n) is 11.5. The molecule has 106 valence electrons. The van der Waals surface area contributed by atoms with E-state index in [9.17, 15) is 4.39 Å². The van der Waals surface area contributed by atoms with E-state index < -0.39 is 0 Å². The van der Waals surface area contributed by atoms with Gasteiger partial charge in [-0.1, -0.05) is 30.3 Å². The third kappa shape index (κ3) is 2.91. The molecule has 1 aromatic heterocycles. The Hall–Kier alpha value is -2.30. The van der Waals surface area contributed by atoms with E-state index in [4.69, 9.17) is 5.84 Å². The van der Waals surface area contributed by atoms with Gasteiger partial charge in [0.05, 0.1) is 6.04 Å². The molecule has 0 saturated heterocycles. The van der Waals surface area contributed by atoms with E-state index in [2.05, 4.69) is 10.4 Å². The average Bonchev–Trinajstić information content (AvgIpc) is 2.54. The van der Waals surface area contributed by atoms with Gasteiger partial charge in [0, 0.05) is 17.8 Å². The van der Waals surface area contributed by atoms with Gasteiger partial charge in [-0.15, -0.1) is 0 Å². The van der Waals surface area contributed by atoms with Crippen molar-refractivity contribution in [3.8, 4) is 0 Å². The third-order valence-electron chi connectivity index (χ3n) is 3.65. The van der Waals surface area contributed by atoms with Gasteiger partial charge in [0.15, 0.2) is 0 Å². The molecule has 0 spiro atoms. The maximum absolute atomic E-state index is 13.0. The summed E-state index contributed by atoms with van der Waals surface area (Å²) >= 11 is 0. The Morgan fingerprint density at radius 1 is 1.10 bits per heavy atom. The lowest BCUT2D eigenvalue weighted by Crippen LogP contribution is -2.29. The van der Waals surface area contributed by atoms with Crippen LogP contribution in [0.4, 0.5) is 4.39 Å². The number of hydrazine groups is 1. The second kappa shape index (κ2) is 5.99. The van der Waals surface area contributed by atoms with E-state index in [1.807, 2.05) is 30.5 Å². The van der Waals surface area contributed by atoms with Crippen LogP contribution in [0, 0.1) is 5.82 Å². The highest BCUT2D eigenvalue weighted by Gasteiger charge is 2.13. The summed E-state index contributed by atoms with van der Waals surface area (Å²) in [7, 11) is 0. The van der Waals surface area contributed by atoms with E-state index in [0.29, 0.717) is 6.42 Å². The number of pyridine rings is 1. The van der Waals surface area contributed by atoms with Crippen molar-refractivity contribution in [2.24, 2.45) is 5.84 Å². The summed E-state index contributed by atoms with van der Waals surface area (Å²) in [5.74, 6) is 5.50. The molecule has 2 aromatic carbocycles. The molecule has 0 saturated carbocycles. The number of nitrogens with zero attached hydrogens (tertiary/aromatic N) is 1. The summed E-state index contributed by atoms with van der Waals surface area (Å²) in [4.78, 5) is 4.19. The predicted octanol–water partition coefficient (Wildman–Crippen LogP) is 3.12. The first kappa shape index (κ1) is 13.7. The topological polar surface area (TPSA) is 50.9 Å². The molecule has 0 fully saturated rings. The first-order valence-corrected chi connectivity index (χ1v) is 6.81. The summed E-state index contributed by atoms with van der Waals surface area (Å²) in [6.07, 6.45) is 4.31. The first-order valence-electron chi connectivity index (χ1n) is 6.81. The summed E-state index contributed by atoms with van der Waals surface area (Å²) in [5.41, 5.74) is 4.97. The summed E-state index contributed by atoms with van der Waals surface area (Å²) in [6.45, 7) is 0. The molecule has 4 heteroatoms. The van der Waals surface area contributed by atoms with Gasteiger partial charge in [-0.3, -0.25) is 16.3 Å². The first-order chi connectivity index (χ1) is 10.3. The lowest BCUT2D eigenvalue weighted by Gasteiger charge is -2.18. The average molecular weight is 281 g/mol. The predicted molar refractivity (Wildman–Crippen MR) is 81.9 cm³/mol. The summed E-state index contributed by atoms with van der Waals surface area (Å²) in [5, 5.41) is 2.20. The molecule has 1 unspecified atom stereocenters. The zero-order valence-corrected chi connectivity index (χ0v) is 11.5. The number of hydrogen-bond acceptors (Lipinski definition) is 3. The number of halogens is 1. The maximum Gasteiger partial charge on any atom is 0.123 e. The zero-order chi connectivity index (χ0) is 14.7. The largest absolute Gasteiger partial charge is 0.271 e. The Labute approximate surface area is 122 Å². The number of hydrogen-bond donors (Lipinski definition) is 2. The van der Waals surface area contributed by atoms with Gasteiger partial charge in [-0.2, -0.15) is 0 Å². The van der Waals surface area contributed by atoms with Crippen LogP contribution >= 0.6 is 0 Å². The number of benzene rings is 2. The Morgan fingerprint density at radius 3 is 2.67 bits per heavy atom. The molecule has 0 aliphatic rings. The monoisotopic (exact) mass is 281 g/mol. The van der Waals surface area contributed by atoms with Gasteiger partial charge in [0.2, 0.25) is 0 Å². The Morgan fingerprint density at radius 2 is 1.90 bits per heavy atom. The third-order valence-corrected chi connectivity index (χ3v) is 3.65. The van der Waals surface area contributed by atoms with Gasteiger partial charge in [-0.05, 0) is 41.1 Å². The molecule has 3 nitrogen and oxygen atoms in total. The van der Waals surface area contributed by atoms with E-state index in [1.165, 1.54) is 12.1 Å². The van der Waals surface area contributed by atoms with Gasteiger partial charge < -0.3 is 0 Å². The van der Waals surface area contributed by atoms with Gasteiger partial charge in [0.25, 0.3) is 0 Å². The van der Waals surface area contributed by atoms with E-state index in [0.717, 1.165) is 21.9 Å². The maximum atomic E-state index is 13.0. The molecule has 0 amide bonds. The van der Waals surface area contributed by atoms with Crippen LogP contribution in [0.1, 0.15) is 17.2 Å². The highest BCUT2D eigenvalue weighted by Crippen LogP contribution is 2.25. The summed E-state index contributed by atoms with van der Waals surface area (Å²) in [6, 6.07) is 14.5. The molecule has 3 N–H and O–H groups in total. The van der Waals surface area contributed by atoms with Crippen molar-refractivity contribution in [1.82, 2.24) is 10.4 Å². The number of aromatic nitrogens is 1. The molecule has 0 bridgehead atoms. The number of rotatable bonds is 4.